The highest BCUT2D eigenvalue weighted by molar-refractivity contribution is 7.80. The third kappa shape index (κ3) is 3.24. The van der Waals surface area contributed by atoms with E-state index in [2.05, 4.69) is 59.6 Å². The van der Waals surface area contributed by atoms with Crippen LogP contribution in [0.2, 0.25) is 0 Å². The number of thiocarbonyl (C=S) groups is 1. The third-order valence-electron chi connectivity index (χ3n) is 6.09. The van der Waals surface area contributed by atoms with Crippen molar-refractivity contribution in [2.75, 3.05) is 11.7 Å². The number of nitrogens with one attached hydrogen (secondary N) is 1. The Labute approximate surface area is 187 Å². The maximum Gasteiger partial charge on any atom is 0.231 e. The molecule has 3 aromatic rings. The molecule has 0 aliphatic carbocycles. The van der Waals surface area contributed by atoms with Crippen LogP contribution in [0.4, 0.5) is 5.69 Å². The number of aryl methyl sites for hydroxylation is 1. The van der Waals surface area contributed by atoms with Gasteiger partial charge in [-0.1, -0.05) is 6.07 Å². The second-order valence-corrected chi connectivity index (χ2v) is 8.71. The lowest BCUT2D eigenvalue weighted by molar-refractivity contribution is 0.174. The second-order valence-electron chi connectivity index (χ2n) is 8.32. The molecule has 31 heavy (non-hydrogen) atoms. The number of anilines is 1. The molecule has 160 valence electrons. The van der Waals surface area contributed by atoms with Gasteiger partial charge < -0.3 is 24.3 Å². The van der Waals surface area contributed by atoms with Gasteiger partial charge in [0.25, 0.3) is 0 Å². The summed E-state index contributed by atoms with van der Waals surface area (Å²) in [5.74, 6) is 1.51. The van der Waals surface area contributed by atoms with E-state index in [0.29, 0.717) is 11.2 Å². The van der Waals surface area contributed by atoms with Crippen LogP contribution in [-0.2, 0) is 0 Å². The maximum atomic E-state index is 5.85. The van der Waals surface area contributed by atoms with Crippen LogP contribution in [0.3, 0.4) is 0 Å². The van der Waals surface area contributed by atoms with Gasteiger partial charge >= 0.3 is 0 Å². The van der Waals surface area contributed by atoms with Crippen LogP contribution in [0.1, 0.15) is 54.6 Å². The predicted molar refractivity (Wildman–Crippen MR) is 125 cm³/mol. The molecule has 2 aromatic heterocycles. The summed E-state index contributed by atoms with van der Waals surface area (Å²) in [6.45, 7) is 9.03. The lowest BCUT2D eigenvalue weighted by Gasteiger charge is -2.28. The molecule has 1 N–H and O–H groups in total. The Balaban J connectivity index is 1.66. The van der Waals surface area contributed by atoms with Crippen molar-refractivity contribution in [1.82, 2.24) is 14.9 Å². The quantitative estimate of drug-likeness (QED) is 0.584. The van der Waals surface area contributed by atoms with Crippen LogP contribution >= 0.6 is 12.2 Å². The van der Waals surface area contributed by atoms with E-state index < -0.39 is 0 Å². The number of fused-ring (bicyclic) bond motifs is 1. The van der Waals surface area contributed by atoms with Crippen molar-refractivity contribution in [2.24, 2.45) is 0 Å². The van der Waals surface area contributed by atoms with E-state index in [9.17, 15) is 0 Å². The van der Waals surface area contributed by atoms with E-state index in [4.69, 9.17) is 21.7 Å². The Morgan fingerprint density at radius 2 is 1.90 bits per heavy atom. The van der Waals surface area contributed by atoms with Gasteiger partial charge in [-0.2, -0.15) is 0 Å². The first-order chi connectivity index (χ1) is 15.0. The number of pyridine rings is 1. The van der Waals surface area contributed by atoms with Crippen LogP contribution in [0, 0.1) is 13.8 Å². The molecule has 0 saturated carbocycles. The van der Waals surface area contributed by atoms with Gasteiger partial charge in [0.2, 0.25) is 6.79 Å². The molecule has 1 fully saturated rings. The maximum absolute atomic E-state index is 5.85. The van der Waals surface area contributed by atoms with Crippen LogP contribution in [0.5, 0.6) is 11.5 Å². The highest BCUT2D eigenvalue weighted by atomic mass is 32.1. The molecule has 7 heteroatoms. The summed E-state index contributed by atoms with van der Waals surface area (Å²) < 4.78 is 13.5. The van der Waals surface area contributed by atoms with E-state index in [1.165, 1.54) is 17.0 Å². The van der Waals surface area contributed by atoms with Crippen molar-refractivity contribution >= 4 is 23.0 Å². The van der Waals surface area contributed by atoms with Crippen LogP contribution in [0.25, 0.3) is 0 Å². The van der Waals surface area contributed by atoms with Crippen molar-refractivity contribution < 1.29 is 9.47 Å². The minimum Gasteiger partial charge on any atom is -0.454 e. The number of hydrogen-bond donors (Lipinski definition) is 1. The molecule has 1 saturated heterocycles. The highest BCUT2D eigenvalue weighted by Gasteiger charge is 2.42. The molecular weight excluding hydrogens is 408 g/mol. The molecule has 0 radical (unpaired) electrons. The Kier molecular flexibility index (Phi) is 4.85. The number of benzene rings is 1. The van der Waals surface area contributed by atoms with Crippen molar-refractivity contribution in [3.05, 3.63) is 71.3 Å². The SMILES string of the molecule is Cc1cc([C@@H]2[C@H](c3ccccn3)NC(=S)N2c2ccc3c(c2)OCO3)c(C)n1C(C)C. The lowest BCUT2D eigenvalue weighted by atomic mass is 9.96. The van der Waals surface area contributed by atoms with Gasteiger partial charge in [0.05, 0.1) is 17.8 Å². The zero-order chi connectivity index (χ0) is 21.7. The first kappa shape index (κ1) is 19.9. The summed E-state index contributed by atoms with van der Waals surface area (Å²) >= 11 is 5.85. The molecule has 5 rings (SSSR count). The summed E-state index contributed by atoms with van der Waals surface area (Å²) in [6, 6.07) is 14.6. The van der Waals surface area contributed by atoms with Crippen LogP contribution in [0.15, 0.2) is 48.7 Å². The Hall–Kier alpha value is -3.06. The standard InChI is InChI=1S/C24H26N4O2S/c1-14(2)27-15(3)11-18(16(27)4)23-22(19-7-5-6-10-25-19)26-24(31)28(23)17-8-9-20-21(12-17)30-13-29-20/h5-12,14,22-23H,13H2,1-4H3,(H,26,31)/t22-,23+/m0/s1. The summed E-state index contributed by atoms with van der Waals surface area (Å²) in [6.07, 6.45) is 1.83. The second kappa shape index (κ2) is 7.57. The summed E-state index contributed by atoms with van der Waals surface area (Å²) in [7, 11) is 0. The van der Waals surface area contributed by atoms with E-state index >= 15 is 0 Å². The minimum absolute atomic E-state index is 0.0403. The average molecular weight is 435 g/mol. The largest absolute Gasteiger partial charge is 0.454 e. The molecule has 6 nitrogen and oxygen atoms in total. The summed E-state index contributed by atoms with van der Waals surface area (Å²) in [5, 5.41) is 4.21. The fourth-order valence-corrected chi connectivity index (χ4v) is 5.23. The van der Waals surface area contributed by atoms with Crippen molar-refractivity contribution in [1.29, 1.82) is 0 Å². The molecular formula is C24H26N4O2S. The van der Waals surface area contributed by atoms with Gasteiger partial charge in [-0.05, 0) is 75.8 Å². The number of hydrogen-bond acceptors (Lipinski definition) is 4. The molecule has 0 spiro atoms. The van der Waals surface area contributed by atoms with Crippen molar-refractivity contribution in [2.45, 2.75) is 45.8 Å². The van der Waals surface area contributed by atoms with E-state index in [0.717, 1.165) is 22.9 Å². The summed E-state index contributed by atoms with van der Waals surface area (Å²) in [5.41, 5.74) is 5.67. The van der Waals surface area contributed by atoms with Gasteiger partial charge in [0.1, 0.15) is 0 Å². The molecule has 1 aromatic carbocycles. The Bertz CT molecular complexity index is 1140. The molecule has 0 amide bonds. The van der Waals surface area contributed by atoms with Gasteiger partial charge in [-0.15, -0.1) is 0 Å². The zero-order valence-electron chi connectivity index (χ0n) is 18.1. The molecule has 2 aliphatic rings. The fourth-order valence-electron chi connectivity index (χ4n) is 4.88. The average Bonchev–Trinajstić information content (AvgIpc) is 3.43. The number of rotatable bonds is 4. The molecule has 4 heterocycles. The summed E-state index contributed by atoms with van der Waals surface area (Å²) in [4.78, 5) is 6.83. The zero-order valence-corrected chi connectivity index (χ0v) is 18.9. The molecule has 2 atom stereocenters. The monoisotopic (exact) mass is 434 g/mol. The minimum atomic E-state index is -0.0692. The van der Waals surface area contributed by atoms with Gasteiger partial charge in [0.15, 0.2) is 16.6 Å². The first-order valence-electron chi connectivity index (χ1n) is 10.5. The smallest absolute Gasteiger partial charge is 0.231 e. The Morgan fingerprint density at radius 3 is 2.61 bits per heavy atom. The van der Waals surface area contributed by atoms with Crippen molar-refractivity contribution in [3.63, 3.8) is 0 Å². The number of ether oxygens (including phenoxy) is 2. The van der Waals surface area contributed by atoms with E-state index in [-0.39, 0.29) is 18.9 Å². The fraction of sp³-hybridized carbons (Fsp3) is 0.333. The first-order valence-corrected chi connectivity index (χ1v) is 10.9. The number of nitrogens with zero attached hydrogens (tertiary/aromatic N) is 3. The predicted octanol–water partition coefficient (Wildman–Crippen LogP) is 4.99. The van der Waals surface area contributed by atoms with Gasteiger partial charge in [-0.25, -0.2) is 0 Å². The third-order valence-corrected chi connectivity index (χ3v) is 6.41. The van der Waals surface area contributed by atoms with Crippen LogP contribution in [-0.4, -0.2) is 21.5 Å². The Morgan fingerprint density at radius 1 is 1.10 bits per heavy atom. The van der Waals surface area contributed by atoms with Crippen molar-refractivity contribution in [3.8, 4) is 11.5 Å². The molecule has 0 unspecified atom stereocenters. The van der Waals surface area contributed by atoms with Gasteiger partial charge in [-0.3, -0.25) is 4.98 Å². The lowest BCUT2D eigenvalue weighted by Crippen LogP contribution is -2.29. The topological polar surface area (TPSA) is 51.6 Å². The van der Waals surface area contributed by atoms with Gasteiger partial charge in [0, 0.05) is 35.4 Å². The normalized spacial score (nSPS) is 19.9. The number of aromatic nitrogens is 2. The van der Waals surface area contributed by atoms with E-state index in [1.54, 1.807) is 0 Å². The molecule has 2 aliphatic heterocycles. The van der Waals surface area contributed by atoms with E-state index in [1.807, 2.05) is 36.5 Å². The highest BCUT2D eigenvalue weighted by Crippen LogP contribution is 2.45. The molecule has 0 bridgehead atoms. The van der Waals surface area contributed by atoms with Crippen LogP contribution < -0.4 is 19.7 Å².